The summed E-state index contributed by atoms with van der Waals surface area (Å²) in [6, 6.07) is 6.29. The summed E-state index contributed by atoms with van der Waals surface area (Å²) < 4.78 is 11.0. The third kappa shape index (κ3) is 4.18. The fourth-order valence-corrected chi connectivity index (χ4v) is 3.97. The lowest BCUT2D eigenvalue weighted by molar-refractivity contribution is 0.174. The Morgan fingerprint density at radius 3 is 2.85 bits per heavy atom. The molecule has 2 N–H and O–H groups in total. The standard InChI is InChI=1S/C20H26N4O2S/c1-3-21-19(22-9-6-16-11-27-14(2)24-16)23-12-20(7-8-20)15-4-5-17-18(10-15)26-13-25-17/h4-5,10-11H,3,6-9,12-13H2,1-2H3,(H2,21,22,23). The molecular formula is C20H26N4O2S. The predicted molar refractivity (Wildman–Crippen MR) is 108 cm³/mol. The third-order valence-corrected chi connectivity index (χ3v) is 5.89. The number of benzene rings is 1. The van der Waals surface area contributed by atoms with E-state index >= 15 is 0 Å². The highest BCUT2D eigenvalue weighted by atomic mass is 32.1. The Balaban J connectivity index is 1.37. The molecule has 0 unspecified atom stereocenters. The molecule has 0 saturated heterocycles. The van der Waals surface area contributed by atoms with E-state index in [0.29, 0.717) is 6.79 Å². The molecule has 1 fully saturated rings. The zero-order valence-corrected chi connectivity index (χ0v) is 16.7. The minimum absolute atomic E-state index is 0.134. The van der Waals surface area contributed by atoms with E-state index in [1.807, 2.05) is 13.0 Å². The van der Waals surface area contributed by atoms with Crippen LogP contribution in [0.25, 0.3) is 0 Å². The molecule has 0 amide bonds. The second-order valence-corrected chi connectivity index (χ2v) is 8.14. The molecule has 1 aromatic heterocycles. The molecule has 2 aromatic rings. The summed E-state index contributed by atoms with van der Waals surface area (Å²) in [5.41, 5.74) is 2.57. The van der Waals surface area contributed by atoms with Crippen molar-refractivity contribution in [2.75, 3.05) is 26.4 Å². The van der Waals surface area contributed by atoms with Crippen LogP contribution in [0.15, 0.2) is 28.6 Å². The fraction of sp³-hybridized carbons (Fsp3) is 0.500. The average molecular weight is 387 g/mol. The Morgan fingerprint density at radius 1 is 1.26 bits per heavy atom. The maximum Gasteiger partial charge on any atom is 0.231 e. The first-order chi connectivity index (χ1) is 13.2. The summed E-state index contributed by atoms with van der Waals surface area (Å²) >= 11 is 1.70. The molecule has 2 aliphatic rings. The number of hydrogen-bond acceptors (Lipinski definition) is 5. The van der Waals surface area contributed by atoms with Gasteiger partial charge in [-0.3, -0.25) is 4.99 Å². The molecular weight excluding hydrogens is 360 g/mol. The van der Waals surface area contributed by atoms with E-state index in [-0.39, 0.29) is 5.41 Å². The maximum absolute atomic E-state index is 5.54. The summed E-state index contributed by atoms with van der Waals surface area (Å²) in [6.45, 7) is 6.89. The van der Waals surface area contributed by atoms with Gasteiger partial charge >= 0.3 is 0 Å². The smallest absolute Gasteiger partial charge is 0.231 e. The van der Waals surface area contributed by atoms with Crippen LogP contribution in [0.2, 0.25) is 0 Å². The summed E-state index contributed by atoms with van der Waals surface area (Å²) in [7, 11) is 0. The van der Waals surface area contributed by atoms with Crippen LogP contribution in [0, 0.1) is 6.92 Å². The van der Waals surface area contributed by atoms with Crippen LogP contribution in [-0.4, -0.2) is 37.4 Å². The molecule has 1 saturated carbocycles. The fourth-order valence-electron chi connectivity index (χ4n) is 3.32. The first kappa shape index (κ1) is 18.1. The molecule has 0 bridgehead atoms. The average Bonchev–Trinajstić information content (AvgIpc) is 3.11. The number of aliphatic imine (C=N–C) groups is 1. The van der Waals surface area contributed by atoms with Gasteiger partial charge in [-0.05, 0) is 44.4 Å². The lowest BCUT2D eigenvalue weighted by atomic mass is 9.96. The number of aromatic nitrogens is 1. The van der Waals surface area contributed by atoms with Gasteiger partial charge in [0.1, 0.15) is 0 Å². The minimum Gasteiger partial charge on any atom is -0.454 e. The molecule has 0 atom stereocenters. The van der Waals surface area contributed by atoms with Crippen LogP contribution >= 0.6 is 11.3 Å². The first-order valence-electron chi connectivity index (χ1n) is 9.52. The Labute approximate surface area is 164 Å². The van der Waals surface area contributed by atoms with E-state index in [1.54, 1.807) is 11.3 Å². The molecule has 1 aliphatic carbocycles. The summed E-state index contributed by atoms with van der Waals surface area (Å²) in [5, 5.41) is 10.0. The first-order valence-corrected chi connectivity index (χ1v) is 10.4. The van der Waals surface area contributed by atoms with Gasteiger partial charge in [0.2, 0.25) is 6.79 Å². The molecule has 7 heteroatoms. The van der Waals surface area contributed by atoms with Gasteiger partial charge in [-0.25, -0.2) is 4.98 Å². The molecule has 2 heterocycles. The van der Waals surface area contributed by atoms with E-state index in [2.05, 4.69) is 40.1 Å². The molecule has 1 aliphatic heterocycles. The highest BCUT2D eigenvalue weighted by Gasteiger charge is 2.44. The van der Waals surface area contributed by atoms with E-state index < -0.39 is 0 Å². The number of guanidine groups is 1. The van der Waals surface area contributed by atoms with Crippen LogP contribution in [0.3, 0.4) is 0 Å². The number of nitrogens with zero attached hydrogens (tertiary/aromatic N) is 2. The second-order valence-electron chi connectivity index (χ2n) is 7.08. The SMILES string of the molecule is CCNC(=NCC1(c2ccc3c(c2)OCO3)CC1)NCCc1csc(C)n1. The Kier molecular flexibility index (Phi) is 5.20. The van der Waals surface area contributed by atoms with Crippen molar-refractivity contribution in [2.24, 2.45) is 4.99 Å². The summed E-state index contributed by atoms with van der Waals surface area (Å²) in [4.78, 5) is 9.37. The Hall–Kier alpha value is -2.28. The highest BCUT2D eigenvalue weighted by Crippen LogP contribution is 2.50. The van der Waals surface area contributed by atoms with Crippen LogP contribution < -0.4 is 20.1 Å². The lowest BCUT2D eigenvalue weighted by Gasteiger charge is -2.16. The Morgan fingerprint density at radius 2 is 2.11 bits per heavy atom. The molecule has 0 spiro atoms. The normalized spacial score (nSPS) is 17.0. The zero-order chi connectivity index (χ0) is 18.7. The van der Waals surface area contributed by atoms with Crippen LogP contribution in [-0.2, 0) is 11.8 Å². The van der Waals surface area contributed by atoms with Crippen LogP contribution in [0.5, 0.6) is 11.5 Å². The van der Waals surface area contributed by atoms with Crippen molar-refractivity contribution >= 4 is 17.3 Å². The van der Waals surface area contributed by atoms with Crippen LogP contribution in [0.1, 0.15) is 36.0 Å². The molecule has 1 aromatic carbocycles. The number of aryl methyl sites for hydroxylation is 1. The van der Waals surface area contributed by atoms with E-state index in [0.717, 1.165) is 67.1 Å². The maximum atomic E-state index is 5.54. The second kappa shape index (κ2) is 7.76. The van der Waals surface area contributed by atoms with Crippen molar-refractivity contribution in [3.8, 4) is 11.5 Å². The third-order valence-electron chi connectivity index (χ3n) is 5.06. The zero-order valence-electron chi connectivity index (χ0n) is 15.9. The van der Waals surface area contributed by atoms with Crippen molar-refractivity contribution in [1.82, 2.24) is 15.6 Å². The van der Waals surface area contributed by atoms with Crippen molar-refractivity contribution < 1.29 is 9.47 Å². The monoisotopic (exact) mass is 386 g/mol. The van der Waals surface area contributed by atoms with Gasteiger partial charge < -0.3 is 20.1 Å². The van der Waals surface area contributed by atoms with E-state index in [1.165, 1.54) is 5.56 Å². The lowest BCUT2D eigenvalue weighted by Crippen LogP contribution is -2.39. The number of hydrogen-bond donors (Lipinski definition) is 2. The summed E-state index contributed by atoms with van der Waals surface area (Å²) in [5.74, 6) is 2.56. The van der Waals surface area contributed by atoms with E-state index in [9.17, 15) is 0 Å². The number of fused-ring (bicyclic) bond motifs is 1. The summed E-state index contributed by atoms with van der Waals surface area (Å²) in [6.07, 6.45) is 3.23. The number of rotatable bonds is 7. The Bertz CT molecular complexity index is 829. The van der Waals surface area contributed by atoms with Gasteiger partial charge in [-0.1, -0.05) is 6.07 Å². The van der Waals surface area contributed by atoms with Gasteiger partial charge in [0.15, 0.2) is 17.5 Å². The van der Waals surface area contributed by atoms with Gasteiger partial charge in [0, 0.05) is 30.3 Å². The van der Waals surface area contributed by atoms with Crippen molar-refractivity contribution in [2.45, 2.75) is 38.5 Å². The topological polar surface area (TPSA) is 67.8 Å². The molecule has 4 rings (SSSR count). The van der Waals surface area contributed by atoms with Crippen molar-refractivity contribution in [3.05, 3.63) is 39.8 Å². The predicted octanol–water partition coefficient (Wildman–Crippen LogP) is 3.01. The number of nitrogens with one attached hydrogen (secondary N) is 2. The van der Waals surface area contributed by atoms with Crippen LogP contribution in [0.4, 0.5) is 0 Å². The molecule has 27 heavy (non-hydrogen) atoms. The highest BCUT2D eigenvalue weighted by molar-refractivity contribution is 7.09. The molecule has 6 nitrogen and oxygen atoms in total. The van der Waals surface area contributed by atoms with Gasteiger partial charge in [-0.2, -0.15) is 0 Å². The molecule has 144 valence electrons. The number of thiazole rings is 1. The number of ether oxygens (including phenoxy) is 2. The van der Waals surface area contributed by atoms with E-state index in [4.69, 9.17) is 14.5 Å². The van der Waals surface area contributed by atoms with Crippen molar-refractivity contribution in [3.63, 3.8) is 0 Å². The minimum atomic E-state index is 0.134. The largest absolute Gasteiger partial charge is 0.454 e. The van der Waals surface area contributed by atoms with Gasteiger partial charge in [-0.15, -0.1) is 11.3 Å². The molecule has 0 radical (unpaired) electrons. The van der Waals surface area contributed by atoms with Crippen molar-refractivity contribution in [1.29, 1.82) is 0 Å². The van der Waals surface area contributed by atoms with Gasteiger partial charge in [0.25, 0.3) is 0 Å². The van der Waals surface area contributed by atoms with Gasteiger partial charge in [0.05, 0.1) is 17.2 Å². The quantitative estimate of drug-likeness (QED) is 0.566.